The Morgan fingerprint density at radius 2 is 1.65 bits per heavy atom. The predicted octanol–water partition coefficient (Wildman–Crippen LogP) is 3.95. The van der Waals surface area contributed by atoms with Gasteiger partial charge in [-0.05, 0) is 58.9 Å². The van der Waals surface area contributed by atoms with Gasteiger partial charge in [-0.25, -0.2) is 0 Å². The molecule has 5 heteroatoms. The van der Waals surface area contributed by atoms with E-state index in [0.717, 1.165) is 41.0 Å². The van der Waals surface area contributed by atoms with Gasteiger partial charge in [0.05, 0.1) is 19.7 Å². The van der Waals surface area contributed by atoms with Crippen LogP contribution in [0.1, 0.15) is 37.8 Å². The number of rotatable bonds is 5. The van der Waals surface area contributed by atoms with Crippen LogP contribution in [0, 0.1) is 17.3 Å². The summed E-state index contributed by atoms with van der Waals surface area (Å²) >= 11 is 0. The summed E-state index contributed by atoms with van der Waals surface area (Å²) in [7, 11) is 4.53. The topological polar surface area (TPSA) is 0 Å². The highest BCUT2D eigenvalue weighted by Gasteiger charge is 2.52. The molecule has 1 saturated carbocycles. The van der Waals surface area contributed by atoms with E-state index in [1.54, 1.807) is 11.6 Å². The highest BCUT2D eigenvalue weighted by Crippen LogP contribution is 2.59. The van der Waals surface area contributed by atoms with E-state index in [1.165, 1.54) is 30.5 Å². The molecule has 0 saturated heterocycles. The van der Waals surface area contributed by atoms with Gasteiger partial charge in [-0.1, -0.05) is 56.3 Å². The molecule has 3 aliphatic carbocycles. The van der Waals surface area contributed by atoms with E-state index in [1.807, 2.05) is 24.3 Å². The van der Waals surface area contributed by atoms with Gasteiger partial charge in [0.2, 0.25) is 0 Å². The molecule has 1 nitrogen and oxygen atoms in total. The lowest BCUT2D eigenvalue weighted by molar-refractivity contribution is -0.899. The lowest BCUT2D eigenvalue weighted by Gasteiger charge is -2.57. The molecule has 0 unspecified atom stereocenters. The molecule has 2 aromatic carbocycles. The first kappa shape index (κ1) is 24.3. The van der Waals surface area contributed by atoms with Crippen molar-refractivity contribution in [2.75, 3.05) is 20.6 Å². The van der Waals surface area contributed by atoms with Gasteiger partial charge in [0.1, 0.15) is 13.1 Å². The van der Waals surface area contributed by atoms with E-state index in [9.17, 15) is 13.2 Å². The SMILES string of the molecule is CC1(C)[C@H]2CC=C(C[N+](C)(C)Cc3ccc(-c4cccc(C(F)(F)F)c4)cc3)[C@@H]1C2.[I-]. The maximum Gasteiger partial charge on any atom is 0.416 e. The molecule has 0 aromatic heterocycles. The van der Waals surface area contributed by atoms with Gasteiger partial charge in [0.25, 0.3) is 0 Å². The number of benzene rings is 2. The number of hydrogen-bond donors (Lipinski definition) is 0. The number of halogens is 4. The molecular formula is C26H31F3IN. The largest absolute Gasteiger partial charge is 1.00 e. The van der Waals surface area contributed by atoms with E-state index in [4.69, 9.17) is 0 Å². The maximum absolute atomic E-state index is 13.0. The minimum atomic E-state index is -4.32. The summed E-state index contributed by atoms with van der Waals surface area (Å²) in [5, 5.41) is 0. The summed E-state index contributed by atoms with van der Waals surface area (Å²) in [6.45, 7) is 6.77. The van der Waals surface area contributed by atoms with Gasteiger partial charge >= 0.3 is 6.18 Å². The summed E-state index contributed by atoms with van der Waals surface area (Å²) in [5.41, 5.74) is 4.05. The van der Waals surface area contributed by atoms with Crippen LogP contribution in [0.5, 0.6) is 0 Å². The van der Waals surface area contributed by atoms with Crippen molar-refractivity contribution < 1.29 is 41.6 Å². The van der Waals surface area contributed by atoms with E-state index >= 15 is 0 Å². The fraction of sp³-hybridized carbons (Fsp3) is 0.462. The molecular weight excluding hydrogens is 510 g/mol. The predicted molar refractivity (Wildman–Crippen MR) is 116 cm³/mol. The standard InChI is InChI=1S/C26H31F3N.HI/c1-25(2)22-13-12-21(24(25)15-22)17-30(3,4)16-18-8-10-19(11-9-18)20-6-5-7-23(14-20)26(27,28)29;/h5-12,14,22,24H,13,15-17H2,1-4H3;1H/q+1;/p-1/t22-,24-;/m0./s1. The first-order valence-corrected chi connectivity index (χ1v) is 10.7. The second-order valence-corrected chi connectivity index (χ2v) is 10.3. The Hall–Kier alpha value is -1.34. The second-order valence-electron chi connectivity index (χ2n) is 10.3. The minimum Gasteiger partial charge on any atom is -1.00 e. The van der Waals surface area contributed by atoms with E-state index in [0.29, 0.717) is 11.0 Å². The number of quaternary nitrogens is 1. The van der Waals surface area contributed by atoms with Crippen LogP contribution < -0.4 is 24.0 Å². The average Bonchev–Trinajstić information content (AvgIpc) is 2.67. The monoisotopic (exact) mass is 541 g/mol. The Bertz CT molecular complexity index is 957. The van der Waals surface area contributed by atoms with E-state index < -0.39 is 11.7 Å². The Balaban J connectivity index is 0.00000272. The van der Waals surface area contributed by atoms with Gasteiger partial charge in [-0.15, -0.1) is 0 Å². The van der Waals surface area contributed by atoms with Crippen molar-refractivity contribution >= 4 is 0 Å². The zero-order valence-corrected chi connectivity index (χ0v) is 20.8. The summed E-state index contributed by atoms with van der Waals surface area (Å²) in [6, 6.07) is 13.5. The van der Waals surface area contributed by atoms with Gasteiger partial charge < -0.3 is 28.5 Å². The molecule has 3 aliphatic rings. The van der Waals surface area contributed by atoms with Crippen LogP contribution in [0.25, 0.3) is 11.1 Å². The fourth-order valence-corrected chi connectivity index (χ4v) is 5.38. The zero-order chi connectivity index (χ0) is 21.7. The fourth-order valence-electron chi connectivity index (χ4n) is 5.38. The summed E-state index contributed by atoms with van der Waals surface area (Å²) in [5.74, 6) is 1.57. The van der Waals surface area contributed by atoms with Crippen molar-refractivity contribution in [3.8, 4) is 11.1 Å². The van der Waals surface area contributed by atoms with Crippen molar-refractivity contribution in [3.05, 3.63) is 71.3 Å². The molecule has 0 amide bonds. The van der Waals surface area contributed by atoms with Crippen LogP contribution in [-0.2, 0) is 12.7 Å². The minimum absolute atomic E-state index is 0. The lowest BCUT2D eigenvalue weighted by Crippen LogP contribution is -3.00. The Labute approximate surface area is 201 Å². The van der Waals surface area contributed by atoms with Crippen LogP contribution in [0.3, 0.4) is 0 Å². The normalized spacial score (nSPS) is 22.2. The van der Waals surface area contributed by atoms with Crippen molar-refractivity contribution in [3.63, 3.8) is 0 Å². The molecule has 5 rings (SSSR count). The number of hydrogen-bond acceptors (Lipinski definition) is 0. The van der Waals surface area contributed by atoms with E-state index in [2.05, 4.69) is 34.0 Å². The molecule has 0 spiro atoms. The number of nitrogens with zero attached hydrogens (tertiary/aromatic N) is 1. The van der Waals surface area contributed by atoms with Gasteiger partial charge in [0, 0.05) is 5.56 Å². The summed E-state index contributed by atoms with van der Waals surface area (Å²) in [6.07, 6.45) is 0.705. The molecule has 2 bridgehead atoms. The smallest absolute Gasteiger partial charge is 0.416 e. The number of allylic oxidation sites excluding steroid dienone is 1. The molecule has 0 radical (unpaired) electrons. The van der Waals surface area contributed by atoms with Crippen LogP contribution >= 0.6 is 0 Å². The molecule has 2 aromatic rings. The molecule has 1 fully saturated rings. The summed E-state index contributed by atoms with van der Waals surface area (Å²) in [4.78, 5) is 0. The third-order valence-corrected chi connectivity index (χ3v) is 7.28. The maximum atomic E-state index is 13.0. The molecule has 0 N–H and O–H groups in total. The second kappa shape index (κ2) is 8.54. The Kier molecular flexibility index (Phi) is 6.70. The van der Waals surface area contributed by atoms with Crippen molar-refractivity contribution in [2.24, 2.45) is 17.3 Å². The van der Waals surface area contributed by atoms with Crippen LogP contribution in [-0.4, -0.2) is 25.1 Å². The van der Waals surface area contributed by atoms with E-state index in [-0.39, 0.29) is 24.0 Å². The van der Waals surface area contributed by atoms with Crippen molar-refractivity contribution in [1.82, 2.24) is 0 Å². The Morgan fingerprint density at radius 1 is 0.968 bits per heavy atom. The third-order valence-electron chi connectivity index (χ3n) is 7.28. The number of likely N-dealkylation sites (N-methyl/N-ethyl adjacent to an activating group) is 1. The lowest BCUT2D eigenvalue weighted by atomic mass is 9.49. The van der Waals surface area contributed by atoms with Gasteiger partial charge in [-0.3, -0.25) is 0 Å². The number of alkyl halides is 3. The van der Waals surface area contributed by atoms with Crippen LogP contribution in [0.4, 0.5) is 13.2 Å². The van der Waals surface area contributed by atoms with Crippen LogP contribution in [0.2, 0.25) is 0 Å². The first-order valence-electron chi connectivity index (χ1n) is 10.7. The van der Waals surface area contributed by atoms with Gasteiger partial charge in [-0.2, -0.15) is 13.2 Å². The molecule has 168 valence electrons. The molecule has 2 atom stereocenters. The first-order chi connectivity index (χ1) is 14.0. The third kappa shape index (κ3) is 5.03. The molecule has 0 aliphatic heterocycles. The van der Waals surface area contributed by atoms with Crippen LogP contribution in [0.15, 0.2) is 60.2 Å². The zero-order valence-electron chi connectivity index (χ0n) is 18.6. The van der Waals surface area contributed by atoms with Gasteiger partial charge in [0.15, 0.2) is 0 Å². The highest BCUT2D eigenvalue weighted by molar-refractivity contribution is 5.64. The summed E-state index contributed by atoms with van der Waals surface area (Å²) < 4.78 is 39.9. The molecule has 31 heavy (non-hydrogen) atoms. The molecule has 0 heterocycles. The van der Waals surface area contributed by atoms with Crippen molar-refractivity contribution in [1.29, 1.82) is 0 Å². The number of fused-ring (bicyclic) bond motifs is 1. The highest BCUT2D eigenvalue weighted by atomic mass is 127. The average molecular weight is 541 g/mol. The Morgan fingerprint density at radius 3 is 2.23 bits per heavy atom. The van der Waals surface area contributed by atoms with Crippen molar-refractivity contribution in [2.45, 2.75) is 39.4 Å². The quantitative estimate of drug-likeness (QED) is 0.306.